The molecule has 0 fully saturated rings. The van der Waals surface area contributed by atoms with E-state index >= 15 is 0 Å². The van der Waals surface area contributed by atoms with Gasteiger partial charge in [-0.1, -0.05) is 20.8 Å². The Bertz CT molecular complexity index is 393. The van der Waals surface area contributed by atoms with E-state index in [2.05, 4.69) is 31.1 Å². The van der Waals surface area contributed by atoms with Gasteiger partial charge in [0.1, 0.15) is 11.1 Å². The van der Waals surface area contributed by atoms with Crippen molar-refractivity contribution in [3.8, 4) is 0 Å². The molecule has 1 heterocycles. The quantitative estimate of drug-likeness (QED) is 0.869. The van der Waals surface area contributed by atoms with Crippen LogP contribution in [0.5, 0.6) is 0 Å². The summed E-state index contributed by atoms with van der Waals surface area (Å²) in [6, 6.07) is -0.168. The number of aromatic nitrogens is 1. The van der Waals surface area contributed by atoms with Crippen LogP contribution < -0.4 is 5.32 Å². The number of hydrogen-bond donors (Lipinski definition) is 2. The predicted molar refractivity (Wildman–Crippen MR) is 69.1 cm³/mol. The van der Waals surface area contributed by atoms with E-state index in [1.165, 1.54) is 18.3 Å². The van der Waals surface area contributed by atoms with Gasteiger partial charge in [-0.25, -0.2) is 4.98 Å². The Morgan fingerprint density at radius 2 is 2.06 bits per heavy atom. The van der Waals surface area contributed by atoms with Crippen LogP contribution >= 0.6 is 11.3 Å². The number of aliphatic hydroxyl groups excluding tert-OH is 1. The number of nitrogens with one attached hydrogen (secondary N) is 1. The van der Waals surface area contributed by atoms with Gasteiger partial charge in [0.2, 0.25) is 5.91 Å². The zero-order chi connectivity index (χ0) is 13.2. The number of thiazole rings is 1. The van der Waals surface area contributed by atoms with Crippen molar-refractivity contribution < 1.29 is 9.90 Å². The second-order valence-corrected chi connectivity index (χ2v) is 6.12. The average molecular weight is 256 g/mol. The first-order chi connectivity index (χ1) is 7.71. The van der Waals surface area contributed by atoms with Crippen molar-refractivity contribution in [3.05, 3.63) is 16.1 Å². The molecule has 0 aromatic carbocycles. The molecule has 0 saturated carbocycles. The smallest absolute Gasteiger partial charge is 0.249 e. The molecule has 0 aliphatic carbocycles. The van der Waals surface area contributed by atoms with E-state index in [-0.39, 0.29) is 17.4 Å². The van der Waals surface area contributed by atoms with Gasteiger partial charge in [-0.3, -0.25) is 4.79 Å². The molecule has 2 atom stereocenters. The summed E-state index contributed by atoms with van der Waals surface area (Å²) in [5.41, 5.74) is 1.04. The number of amides is 1. The van der Waals surface area contributed by atoms with Crippen molar-refractivity contribution >= 4 is 17.2 Å². The molecule has 0 aliphatic rings. The lowest BCUT2D eigenvalue weighted by Gasteiger charge is -2.15. The average Bonchev–Trinajstić information content (AvgIpc) is 2.65. The first-order valence-electron chi connectivity index (χ1n) is 5.66. The molecule has 1 aromatic heterocycles. The molecule has 4 nitrogen and oxygen atoms in total. The summed E-state index contributed by atoms with van der Waals surface area (Å²) in [4.78, 5) is 15.9. The molecule has 1 amide bonds. The van der Waals surface area contributed by atoms with Crippen LogP contribution in [0.2, 0.25) is 0 Å². The zero-order valence-corrected chi connectivity index (χ0v) is 11.8. The van der Waals surface area contributed by atoms with Crippen LogP contribution in [0.3, 0.4) is 0 Å². The molecule has 0 bridgehead atoms. The Labute approximate surface area is 106 Å². The van der Waals surface area contributed by atoms with Gasteiger partial charge >= 0.3 is 0 Å². The van der Waals surface area contributed by atoms with Crippen molar-refractivity contribution in [2.45, 2.75) is 52.2 Å². The van der Waals surface area contributed by atoms with E-state index in [0.717, 1.165) is 10.7 Å². The first kappa shape index (κ1) is 14.1. The van der Waals surface area contributed by atoms with Crippen molar-refractivity contribution in [2.24, 2.45) is 0 Å². The number of hydrogen-bond acceptors (Lipinski definition) is 4. The largest absolute Gasteiger partial charge is 0.384 e. The molecule has 1 aromatic rings. The fourth-order valence-corrected chi connectivity index (χ4v) is 2.28. The Kier molecular flexibility index (Phi) is 4.27. The van der Waals surface area contributed by atoms with Crippen LogP contribution in [0.4, 0.5) is 0 Å². The Morgan fingerprint density at radius 1 is 1.47 bits per heavy atom. The van der Waals surface area contributed by atoms with Crippen molar-refractivity contribution in [1.82, 2.24) is 10.3 Å². The lowest BCUT2D eigenvalue weighted by Crippen LogP contribution is -2.34. The second kappa shape index (κ2) is 5.14. The van der Waals surface area contributed by atoms with Gasteiger partial charge in [0.05, 0.1) is 11.7 Å². The summed E-state index contributed by atoms with van der Waals surface area (Å²) < 4.78 is 0. The minimum absolute atomic E-state index is 0.0166. The second-order valence-electron chi connectivity index (χ2n) is 5.23. The van der Waals surface area contributed by atoms with E-state index in [1.54, 1.807) is 0 Å². The van der Waals surface area contributed by atoms with E-state index in [4.69, 9.17) is 5.11 Å². The van der Waals surface area contributed by atoms with Crippen LogP contribution in [-0.4, -0.2) is 22.1 Å². The Balaban J connectivity index is 2.74. The van der Waals surface area contributed by atoms with Gasteiger partial charge in [-0.05, 0) is 13.8 Å². The third-order valence-corrected chi connectivity index (χ3v) is 3.43. The fourth-order valence-electron chi connectivity index (χ4n) is 1.23. The molecule has 2 N–H and O–H groups in total. The topological polar surface area (TPSA) is 62.2 Å². The van der Waals surface area contributed by atoms with Gasteiger partial charge in [0.25, 0.3) is 0 Å². The lowest BCUT2D eigenvalue weighted by molar-refractivity contribution is -0.129. The van der Waals surface area contributed by atoms with Gasteiger partial charge in [0.15, 0.2) is 0 Å². The third kappa shape index (κ3) is 3.78. The summed E-state index contributed by atoms with van der Waals surface area (Å²) in [6.45, 7) is 9.62. The molecule has 2 unspecified atom stereocenters. The number of carbonyl (C=O) groups is 1. The highest BCUT2D eigenvalue weighted by molar-refractivity contribution is 7.09. The summed E-state index contributed by atoms with van der Waals surface area (Å²) in [5.74, 6) is -0.370. The molecule has 96 valence electrons. The molecule has 0 aliphatic heterocycles. The highest BCUT2D eigenvalue weighted by Crippen LogP contribution is 2.26. The molecule has 0 spiro atoms. The summed E-state index contributed by atoms with van der Waals surface area (Å²) >= 11 is 1.53. The van der Waals surface area contributed by atoms with Gasteiger partial charge in [-0.2, -0.15) is 0 Å². The van der Waals surface area contributed by atoms with Crippen LogP contribution in [0.1, 0.15) is 51.4 Å². The van der Waals surface area contributed by atoms with E-state index in [1.807, 2.05) is 12.3 Å². The van der Waals surface area contributed by atoms with Crippen molar-refractivity contribution in [3.63, 3.8) is 0 Å². The third-order valence-electron chi connectivity index (χ3n) is 2.40. The number of aliphatic hydroxyl groups is 1. The molecular weight excluding hydrogens is 236 g/mol. The fraction of sp³-hybridized carbons (Fsp3) is 0.667. The van der Waals surface area contributed by atoms with Gasteiger partial charge in [-0.15, -0.1) is 11.3 Å². The maximum atomic E-state index is 11.3. The van der Waals surface area contributed by atoms with Crippen LogP contribution in [0.25, 0.3) is 0 Å². The highest BCUT2D eigenvalue weighted by atomic mass is 32.1. The lowest BCUT2D eigenvalue weighted by atomic mass is 9.93. The summed E-state index contributed by atoms with van der Waals surface area (Å²) in [6.07, 6.45) is -0.987. The molecule has 0 radical (unpaired) electrons. The highest BCUT2D eigenvalue weighted by Gasteiger charge is 2.21. The molecular formula is C12H20N2O2S. The normalized spacial score (nSPS) is 15.4. The summed E-state index contributed by atoms with van der Waals surface area (Å²) in [7, 11) is 0. The Hall–Kier alpha value is -0.940. The zero-order valence-electron chi connectivity index (χ0n) is 10.9. The number of carbonyl (C=O) groups excluding carboxylic acids is 1. The summed E-state index contributed by atoms with van der Waals surface area (Å²) in [5, 5.41) is 14.7. The molecule has 0 saturated heterocycles. The van der Waals surface area contributed by atoms with Crippen LogP contribution in [0.15, 0.2) is 5.38 Å². The van der Waals surface area contributed by atoms with E-state index < -0.39 is 6.10 Å². The molecule has 17 heavy (non-hydrogen) atoms. The maximum Gasteiger partial charge on any atom is 0.249 e. The number of rotatable bonds is 3. The minimum atomic E-state index is -0.987. The monoisotopic (exact) mass is 256 g/mol. The van der Waals surface area contributed by atoms with Crippen molar-refractivity contribution in [2.75, 3.05) is 0 Å². The Morgan fingerprint density at radius 3 is 2.47 bits per heavy atom. The minimum Gasteiger partial charge on any atom is -0.384 e. The van der Waals surface area contributed by atoms with Crippen LogP contribution in [-0.2, 0) is 10.2 Å². The van der Waals surface area contributed by atoms with Crippen molar-refractivity contribution in [1.29, 1.82) is 0 Å². The van der Waals surface area contributed by atoms with Gasteiger partial charge < -0.3 is 10.4 Å². The first-order valence-corrected chi connectivity index (χ1v) is 6.54. The SMILES string of the molecule is CC(O)C(=O)NC(C)c1nc(C(C)(C)C)cs1. The molecule has 1 rings (SSSR count). The predicted octanol–water partition coefficient (Wildman–Crippen LogP) is 2.00. The van der Waals surface area contributed by atoms with E-state index in [0.29, 0.717) is 0 Å². The van der Waals surface area contributed by atoms with Crippen LogP contribution in [0, 0.1) is 0 Å². The standard InChI is InChI=1S/C12H20N2O2S/c1-7(13-10(16)8(2)15)11-14-9(6-17-11)12(3,4)5/h6-8,15H,1-5H3,(H,13,16). The molecule has 5 heteroatoms. The maximum absolute atomic E-state index is 11.3. The van der Waals surface area contributed by atoms with E-state index in [9.17, 15) is 4.79 Å². The number of nitrogens with zero attached hydrogens (tertiary/aromatic N) is 1. The van der Waals surface area contributed by atoms with Gasteiger partial charge in [0, 0.05) is 10.8 Å².